The number of methoxy groups -OCH3 is 1. The summed E-state index contributed by atoms with van der Waals surface area (Å²) in [4.78, 5) is 33.3. The molecule has 0 spiro atoms. The average molecular weight is 277 g/mol. The molecular formula is C14H15NO5. The molecule has 0 saturated heterocycles. The molecule has 0 atom stereocenters. The molecule has 0 fully saturated rings. The quantitative estimate of drug-likeness (QED) is 0.628. The van der Waals surface area contributed by atoms with Crippen LogP contribution in [0.2, 0.25) is 0 Å². The summed E-state index contributed by atoms with van der Waals surface area (Å²) >= 11 is 0. The van der Waals surface area contributed by atoms with E-state index in [1.807, 2.05) is 0 Å². The molecule has 0 aliphatic carbocycles. The predicted molar refractivity (Wildman–Crippen MR) is 72.4 cm³/mol. The summed E-state index contributed by atoms with van der Waals surface area (Å²) in [7, 11) is 1.42. The Morgan fingerprint density at radius 2 is 1.90 bits per heavy atom. The number of carbonyl (C=O) groups is 3. The van der Waals surface area contributed by atoms with Crippen molar-refractivity contribution in [2.75, 3.05) is 7.11 Å². The van der Waals surface area contributed by atoms with Gasteiger partial charge in [-0.25, -0.2) is 4.79 Å². The van der Waals surface area contributed by atoms with Crippen LogP contribution in [0.15, 0.2) is 23.9 Å². The van der Waals surface area contributed by atoms with Crippen molar-refractivity contribution in [3.63, 3.8) is 0 Å². The number of carboxylic acid groups (broad SMARTS) is 1. The number of nitrogens with one attached hydrogen (secondary N) is 1. The summed E-state index contributed by atoms with van der Waals surface area (Å²) in [6.45, 7) is 2.63. The molecule has 6 heteroatoms. The molecule has 20 heavy (non-hydrogen) atoms. The van der Waals surface area contributed by atoms with Crippen molar-refractivity contribution in [1.29, 1.82) is 0 Å². The lowest BCUT2D eigenvalue weighted by atomic mass is 10.1. The number of ketones is 1. The van der Waals surface area contributed by atoms with E-state index in [0.717, 1.165) is 0 Å². The maximum absolute atomic E-state index is 11.4. The van der Waals surface area contributed by atoms with Gasteiger partial charge in [-0.15, -0.1) is 0 Å². The van der Waals surface area contributed by atoms with Gasteiger partial charge in [-0.2, -0.15) is 0 Å². The third kappa shape index (κ3) is 3.94. The monoisotopic (exact) mass is 277 g/mol. The molecule has 0 radical (unpaired) electrons. The van der Waals surface area contributed by atoms with E-state index in [1.165, 1.54) is 33.1 Å². The normalized spacial score (nSPS) is 10.8. The second kappa shape index (κ2) is 6.51. The van der Waals surface area contributed by atoms with Crippen LogP contribution in [-0.4, -0.2) is 29.9 Å². The first kappa shape index (κ1) is 15.4. The second-order valence-corrected chi connectivity index (χ2v) is 4.06. The van der Waals surface area contributed by atoms with Crippen molar-refractivity contribution < 1.29 is 24.2 Å². The molecule has 0 unspecified atom stereocenters. The number of carbonyl (C=O) groups excluding carboxylic acids is 2. The van der Waals surface area contributed by atoms with Crippen molar-refractivity contribution in [2.24, 2.45) is 0 Å². The number of hydrogen-bond acceptors (Lipinski definition) is 4. The maximum atomic E-state index is 11.4. The Balaban J connectivity index is 3.22. The minimum Gasteiger partial charge on any atom is -0.496 e. The van der Waals surface area contributed by atoms with Crippen molar-refractivity contribution in [3.8, 4) is 5.75 Å². The Morgan fingerprint density at radius 1 is 1.25 bits per heavy atom. The molecule has 0 heterocycles. The number of ether oxygens (including phenoxy) is 1. The van der Waals surface area contributed by atoms with E-state index in [1.54, 1.807) is 12.1 Å². The topological polar surface area (TPSA) is 92.7 Å². The van der Waals surface area contributed by atoms with Crippen LogP contribution in [0, 0.1) is 0 Å². The van der Waals surface area contributed by atoms with Gasteiger partial charge in [0.05, 0.1) is 12.7 Å². The highest BCUT2D eigenvalue weighted by Crippen LogP contribution is 2.22. The molecule has 1 amide bonds. The highest BCUT2D eigenvalue weighted by Gasteiger charge is 2.11. The first-order valence-corrected chi connectivity index (χ1v) is 5.76. The number of Topliss-reactive ketones (excluding diaryl/α,β-unsaturated/α-hetero) is 1. The predicted octanol–water partition coefficient (Wildman–Crippen LogP) is 1.46. The summed E-state index contributed by atoms with van der Waals surface area (Å²) < 4.78 is 5.09. The third-order valence-corrected chi connectivity index (χ3v) is 2.46. The van der Waals surface area contributed by atoms with Crippen LogP contribution in [0.3, 0.4) is 0 Å². The summed E-state index contributed by atoms with van der Waals surface area (Å²) in [6, 6.07) is 4.64. The zero-order chi connectivity index (χ0) is 15.3. The SMILES string of the molecule is COc1cc(/C=C(\NC(C)=O)C(=O)O)ccc1C(C)=O. The Morgan fingerprint density at radius 3 is 2.35 bits per heavy atom. The molecule has 6 nitrogen and oxygen atoms in total. The number of amides is 1. The summed E-state index contributed by atoms with van der Waals surface area (Å²) in [6.07, 6.45) is 1.29. The smallest absolute Gasteiger partial charge is 0.352 e. The van der Waals surface area contributed by atoms with Gasteiger partial charge in [0.1, 0.15) is 11.4 Å². The Kier molecular flexibility index (Phi) is 5.02. The lowest BCUT2D eigenvalue weighted by Crippen LogP contribution is -2.24. The van der Waals surface area contributed by atoms with Crippen LogP contribution < -0.4 is 10.1 Å². The molecular weight excluding hydrogens is 262 g/mol. The molecule has 0 aliphatic heterocycles. The van der Waals surface area contributed by atoms with Crippen LogP contribution in [0.5, 0.6) is 5.75 Å². The van der Waals surface area contributed by atoms with E-state index in [2.05, 4.69) is 5.32 Å². The van der Waals surface area contributed by atoms with Crippen molar-refractivity contribution in [2.45, 2.75) is 13.8 Å². The van der Waals surface area contributed by atoms with Crippen molar-refractivity contribution in [3.05, 3.63) is 35.0 Å². The van der Waals surface area contributed by atoms with E-state index in [-0.39, 0.29) is 11.5 Å². The van der Waals surface area contributed by atoms with Crippen LogP contribution in [0.4, 0.5) is 0 Å². The fourth-order valence-corrected chi connectivity index (χ4v) is 1.60. The standard InChI is InChI=1S/C14H15NO5/c1-8(16)11-5-4-10(7-13(11)20-3)6-12(14(18)19)15-9(2)17/h4-7H,1-3H3,(H,15,17)(H,18,19)/b12-6-. The molecule has 2 N–H and O–H groups in total. The summed E-state index contributed by atoms with van der Waals surface area (Å²) in [5, 5.41) is 11.2. The van der Waals surface area contributed by atoms with Gasteiger partial charge in [0, 0.05) is 6.92 Å². The van der Waals surface area contributed by atoms with Crippen molar-refractivity contribution in [1.82, 2.24) is 5.32 Å². The second-order valence-electron chi connectivity index (χ2n) is 4.06. The highest BCUT2D eigenvalue weighted by atomic mass is 16.5. The lowest BCUT2D eigenvalue weighted by Gasteiger charge is -2.08. The van der Waals surface area contributed by atoms with Gasteiger partial charge in [0.2, 0.25) is 5.91 Å². The van der Waals surface area contributed by atoms with E-state index in [9.17, 15) is 14.4 Å². The molecule has 0 aliphatic rings. The van der Waals surface area contributed by atoms with Gasteiger partial charge < -0.3 is 15.2 Å². The average Bonchev–Trinajstić information content (AvgIpc) is 2.36. The molecule has 0 saturated carbocycles. The number of aliphatic carboxylic acids is 1. The first-order valence-electron chi connectivity index (χ1n) is 5.76. The van der Waals surface area contributed by atoms with Gasteiger partial charge in [-0.3, -0.25) is 9.59 Å². The molecule has 1 rings (SSSR count). The molecule has 0 bridgehead atoms. The zero-order valence-electron chi connectivity index (χ0n) is 11.4. The van der Waals surface area contributed by atoms with E-state index in [0.29, 0.717) is 16.9 Å². The minimum absolute atomic E-state index is 0.155. The number of rotatable bonds is 5. The number of benzene rings is 1. The molecule has 1 aromatic carbocycles. The largest absolute Gasteiger partial charge is 0.496 e. The zero-order valence-corrected chi connectivity index (χ0v) is 11.4. The van der Waals surface area contributed by atoms with E-state index >= 15 is 0 Å². The Labute approximate surface area is 116 Å². The van der Waals surface area contributed by atoms with Crippen LogP contribution >= 0.6 is 0 Å². The highest BCUT2D eigenvalue weighted by molar-refractivity contribution is 5.98. The molecule has 106 valence electrons. The number of carboxylic acids is 1. The fraction of sp³-hybridized carbons (Fsp3) is 0.214. The van der Waals surface area contributed by atoms with Gasteiger partial charge in [0.25, 0.3) is 0 Å². The van der Waals surface area contributed by atoms with Gasteiger partial charge in [0.15, 0.2) is 5.78 Å². The molecule has 1 aromatic rings. The molecule has 0 aromatic heterocycles. The van der Waals surface area contributed by atoms with Gasteiger partial charge in [-0.05, 0) is 30.7 Å². The van der Waals surface area contributed by atoms with Crippen LogP contribution in [0.25, 0.3) is 6.08 Å². The Hall–Kier alpha value is -2.63. The van der Waals surface area contributed by atoms with Crippen LogP contribution in [-0.2, 0) is 9.59 Å². The van der Waals surface area contributed by atoms with E-state index in [4.69, 9.17) is 9.84 Å². The van der Waals surface area contributed by atoms with Gasteiger partial charge in [-0.1, -0.05) is 6.07 Å². The number of hydrogen-bond donors (Lipinski definition) is 2. The summed E-state index contributed by atoms with van der Waals surface area (Å²) in [5.41, 5.74) is 0.647. The van der Waals surface area contributed by atoms with E-state index < -0.39 is 11.9 Å². The van der Waals surface area contributed by atoms with Gasteiger partial charge >= 0.3 is 5.97 Å². The third-order valence-electron chi connectivity index (χ3n) is 2.46. The lowest BCUT2D eigenvalue weighted by molar-refractivity contribution is -0.134. The first-order chi connectivity index (χ1) is 9.35. The maximum Gasteiger partial charge on any atom is 0.352 e. The Bertz CT molecular complexity index is 589. The van der Waals surface area contributed by atoms with Crippen molar-refractivity contribution >= 4 is 23.7 Å². The van der Waals surface area contributed by atoms with Crippen LogP contribution in [0.1, 0.15) is 29.8 Å². The fourth-order valence-electron chi connectivity index (χ4n) is 1.60. The minimum atomic E-state index is -1.25. The summed E-state index contributed by atoms with van der Waals surface area (Å²) in [5.74, 6) is -1.54.